The maximum absolute atomic E-state index is 8.71. The Hall–Kier alpha value is -2.29. The van der Waals surface area contributed by atoms with Gasteiger partial charge in [-0.15, -0.1) is 0 Å². The predicted octanol–water partition coefficient (Wildman–Crippen LogP) is 4.44. The van der Waals surface area contributed by atoms with Crippen LogP contribution in [0.5, 0.6) is 0 Å². The zero-order valence-corrected chi connectivity index (χ0v) is 14.5. The summed E-state index contributed by atoms with van der Waals surface area (Å²) in [6.07, 6.45) is 0.989. The van der Waals surface area contributed by atoms with Gasteiger partial charge in [-0.3, -0.25) is 5.41 Å². The predicted molar refractivity (Wildman–Crippen MR) is 98.9 cm³/mol. The normalized spacial score (nSPS) is 14.7. The SMILES string of the molecule is CCc1ccccc1N1CCN(c2c(C)cc(C)cc2C)C1=N. The van der Waals surface area contributed by atoms with Gasteiger partial charge in [-0.1, -0.05) is 42.8 Å². The number of rotatable bonds is 3. The first-order valence-corrected chi connectivity index (χ1v) is 8.32. The Morgan fingerprint density at radius 1 is 0.957 bits per heavy atom. The number of nitrogens with zero attached hydrogens (tertiary/aromatic N) is 2. The van der Waals surface area contributed by atoms with Crippen molar-refractivity contribution in [3.63, 3.8) is 0 Å². The molecule has 1 saturated heterocycles. The Bertz CT molecular complexity index is 725. The Morgan fingerprint density at radius 3 is 2.22 bits per heavy atom. The molecule has 0 radical (unpaired) electrons. The zero-order valence-electron chi connectivity index (χ0n) is 14.5. The summed E-state index contributed by atoms with van der Waals surface area (Å²) in [5.41, 5.74) is 7.44. The van der Waals surface area contributed by atoms with Gasteiger partial charge in [0.15, 0.2) is 0 Å². The van der Waals surface area contributed by atoms with Crippen molar-refractivity contribution in [3.05, 3.63) is 58.7 Å². The molecule has 0 aromatic heterocycles. The molecule has 1 aliphatic heterocycles. The lowest BCUT2D eigenvalue weighted by Gasteiger charge is -2.26. The fourth-order valence-electron chi connectivity index (χ4n) is 3.68. The molecule has 0 saturated carbocycles. The fraction of sp³-hybridized carbons (Fsp3) is 0.350. The molecule has 0 atom stereocenters. The molecule has 23 heavy (non-hydrogen) atoms. The zero-order chi connectivity index (χ0) is 16.6. The number of anilines is 2. The lowest BCUT2D eigenvalue weighted by molar-refractivity contribution is 1.00. The van der Waals surface area contributed by atoms with Crippen molar-refractivity contribution in [2.75, 3.05) is 22.9 Å². The third kappa shape index (κ3) is 2.72. The van der Waals surface area contributed by atoms with Gasteiger partial charge in [-0.25, -0.2) is 0 Å². The quantitative estimate of drug-likeness (QED) is 0.909. The van der Waals surface area contributed by atoms with E-state index in [-0.39, 0.29) is 0 Å². The number of para-hydroxylation sites is 1. The van der Waals surface area contributed by atoms with Crippen molar-refractivity contribution in [2.24, 2.45) is 0 Å². The molecule has 0 spiro atoms. The van der Waals surface area contributed by atoms with Crippen molar-refractivity contribution in [1.29, 1.82) is 5.41 Å². The van der Waals surface area contributed by atoms with Crippen LogP contribution in [0.15, 0.2) is 36.4 Å². The maximum Gasteiger partial charge on any atom is 0.203 e. The van der Waals surface area contributed by atoms with Crippen molar-refractivity contribution in [2.45, 2.75) is 34.1 Å². The molecule has 3 nitrogen and oxygen atoms in total. The summed E-state index contributed by atoms with van der Waals surface area (Å²) in [5, 5.41) is 8.71. The summed E-state index contributed by atoms with van der Waals surface area (Å²) >= 11 is 0. The fourth-order valence-corrected chi connectivity index (χ4v) is 3.68. The Balaban J connectivity index is 1.97. The topological polar surface area (TPSA) is 30.3 Å². The number of nitrogens with one attached hydrogen (secondary N) is 1. The van der Waals surface area contributed by atoms with Gasteiger partial charge in [0.2, 0.25) is 5.96 Å². The third-order valence-electron chi connectivity index (χ3n) is 4.63. The third-order valence-corrected chi connectivity index (χ3v) is 4.63. The van der Waals surface area contributed by atoms with E-state index in [0.717, 1.165) is 19.5 Å². The van der Waals surface area contributed by atoms with Gasteiger partial charge >= 0.3 is 0 Å². The van der Waals surface area contributed by atoms with Gasteiger partial charge in [0, 0.05) is 24.5 Å². The lowest BCUT2D eigenvalue weighted by Crippen LogP contribution is -2.33. The largest absolute Gasteiger partial charge is 0.310 e. The highest BCUT2D eigenvalue weighted by Crippen LogP contribution is 2.32. The standard InChI is InChI=1S/C20H25N3/c1-5-17-8-6-7-9-18(17)22-10-11-23(20(22)21)19-15(3)12-14(2)13-16(19)4/h6-9,12-13,21H,5,10-11H2,1-4H3. The van der Waals surface area contributed by atoms with E-state index < -0.39 is 0 Å². The van der Waals surface area contributed by atoms with Crippen molar-refractivity contribution >= 4 is 17.3 Å². The monoisotopic (exact) mass is 307 g/mol. The van der Waals surface area contributed by atoms with Gasteiger partial charge in [0.1, 0.15) is 0 Å². The average molecular weight is 307 g/mol. The second kappa shape index (κ2) is 6.07. The number of hydrogen-bond donors (Lipinski definition) is 1. The molecular formula is C20H25N3. The minimum Gasteiger partial charge on any atom is -0.310 e. The van der Waals surface area contributed by atoms with Crippen LogP contribution < -0.4 is 9.80 Å². The van der Waals surface area contributed by atoms with Crippen molar-refractivity contribution < 1.29 is 0 Å². The summed E-state index contributed by atoms with van der Waals surface area (Å²) in [7, 11) is 0. The van der Waals surface area contributed by atoms with Gasteiger partial charge < -0.3 is 9.80 Å². The summed E-state index contributed by atoms with van der Waals surface area (Å²) in [4.78, 5) is 4.29. The van der Waals surface area contributed by atoms with Gasteiger partial charge in [-0.05, 0) is 49.9 Å². The summed E-state index contributed by atoms with van der Waals surface area (Å²) in [6, 6.07) is 12.8. The van der Waals surface area contributed by atoms with Crippen LogP contribution in [0, 0.1) is 26.2 Å². The Labute approximate surface area is 139 Å². The van der Waals surface area contributed by atoms with E-state index in [1.54, 1.807) is 0 Å². The van der Waals surface area contributed by atoms with Crippen molar-refractivity contribution in [1.82, 2.24) is 0 Å². The van der Waals surface area contributed by atoms with Crippen LogP contribution in [-0.4, -0.2) is 19.0 Å². The highest BCUT2D eigenvalue weighted by Gasteiger charge is 2.30. The van der Waals surface area contributed by atoms with Crippen LogP contribution >= 0.6 is 0 Å². The first kappa shape index (κ1) is 15.6. The van der Waals surface area contributed by atoms with E-state index >= 15 is 0 Å². The molecule has 1 N–H and O–H groups in total. The second-order valence-corrected chi connectivity index (χ2v) is 6.36. The van der Waals surface area contributed by atoms with E-state index in [1.165, 1.54) is 33.6 Å². The molecule has 0 bridgehead atoms. The van der Waals surface area contributed by atoms with E-state index in [9.17, 15) is 0 Å². The van der Waals surface area contributed by atoms with E-state index in [0.29, 0.717) is 5.96 Å². The Kier molecular flexibility index (Phi) is 4.12. The molecule has 0 amide bonds. The van der Waals surface area contributed by atoms with Gasteiger partial charge in [0.25, 0.3) is 0 Å². The Morgan fingerprint density at radius 2 is 1.57 bits per heavy atom. The lowest BCUT2D eigenvalue weighted by atomic mass is 10.0. The van der Waals surface area contributed by atoms with Crippen LogP contribution in [0.25, 0.3) is 0 Å². The minimum absolute atomic E-state index is 0.584. The van der Waals surface area contributed by atoms with E-state index in [2.05, 4.69) is 73.9 Å². The summed E-state index contributed by atoms with van der Waals surface area (Å²) < 4.78 is 0. The first-order valence-electron chi connectivity index (χ1n) is 8.32. The van der Waals surface area contributed by atoms with Crippen LogP contribution in [0.1, 0.15) is 29.2 Å². The van der Waals surface area contributed by atoms with Crippen LogP contribution in [-0.2, 0) is 6.42 Å². The highest BCUT2D eigenvalue weighted by atomic mass is 15.4. The minimum atomic E-state index is 0.584. The molecule has 1 aliphatic rings. The molecule has 1 heterocycles. The first-order chi connectivity index (χ1) is 11.0. The smallest absolute Gasteiger partial charge is 0.203 e. The highest BCUT2D eigenvalue weighted by molar-refractivity contribution is 6.08. The van der Waals surface area contributed by atoms with Gasteiger partial charge in [0.05, 0.1) is 0 Å². The number of guanidine groups is 1. The number of benzene rings is 2. The van der Waals surface area contributed by atoms with Crippen LogP contribution in [0.3, 0.4) is 0 Å². The molecule has 3 heteroatoms. The van der Waals surface area contributed by atoms with Crippen molar-refractivity contribution in [3.8, 4) is 0 Å². The molecule has 2 aromatic carbocycles. The van der Waals surface area contributed by atoms with E-state index in [1.807, 2.05) is 0 Å². The molecule has 1 fully saturated rings. The summed E-state index contributed by atoms with van der Waals surface area (Å²) in [6.45, 7) is 10.3. The summed E-state index contributed by atoms with van der Waals surface area (Å²) in [5.74, 6) is 0.584. The van der Waals surface area contributed by atoms with Crippen LogP contribution in [0.2, 0.25) is 0 Å². The van der Waals surface area contributed by atoms with Gasteiger partial charge in [-0.2, -0.15) is 0 Å². The molecule has 120 valence electrons. The molecule has 0 aliphatic carbocycles. The second-order valence-electron chi connectivity index (χ2n) is 6.36. The average Bonchev–Trinajstić information content (AvgIpc) is 2.88. The molecule has 3 rings (SSSR count). The maximum atomic E-state index is 8.71. The molecular weight excluding hydrogens is 282 g/mol. The number of hydrogen-bond acceptors (Lipinski definition) is 1. The number of aryl methyl sites for hydroxylation is 4. The van der Waals surface area contributed by atoms with E-state index in [4.69, 9.17) is 5.41 Å². The van der Waals surface area contributed by atoms with Crippen LogP contribution in [0.4, 0.5) is 11.4 Å². The molecule has 0 unspecified atom stereocenters. The molecule has 2 aromatic rings.